The normalized spacial score (nSPS) is 14.3. The highest BCUT2D eigenvalue weighted by atomic mass is 32.1. The van der Waals surface area contributed by atoms with Crippen LogP contribution in [0.15, 0.2) is 41.0 Å². The highest BCUT2D eigenvalue weighted by Crippen LogP contribution is 2.38. The highest BCUT2D eigenvalue weighted by molar-refractivity contribution is 7.09. The fourth-order valence-electron chi connectivity index (χ4n) is 4.27. The van der Waals surface area contributed by atoms with E-state index in [9.17, 15) is 14.4 Å². The van der Waals surface area contributed by atoms with Gasteiger partial charge in [0.2, 0.25) is 0 Å². The van der Waals surface area contributed by atoms with Crippen molar-refractivity contribution >= 4 is 40.6 Å². The number of hydrogen-bond donors (Lipinski definition) is 3. The molecular formula is C24H27N5O6S. The molecule has 0 bridgehead atoms. The Morgan fingerprint density at radius 3 is 2.47 bits per heavy atom. The predicted octanol–water partition coefficient (Wildman–Crippen LogP) is 2.88. The van der Waals surface area contributed by atoms with E-state index in [2.05, 4.69) is 9.69 Å². The van der Waals surface area contributed by atoms with Crippen LogP contribution < -0.4 is 31.2 Å². The molecule has 1 atom stereocenters. The van der Waals surface area contributed by atoms with E-state index in [1.165, 1.54) is 25.4 Å². The Bertz CT molecular complexity index is 1250. The SMILES string of the molecule is COc1ccc(N(C(=O)c2snc(C(N)=O)c2N)[C@@H](C(=O)NC2CCCC2)c2ccco2)cc1OC. The number of amides is 3. The molecule has 0 saturated heterocycles. The van der Waals surface area contributed by atoms with Crippen molar-refractivity contribution in [1.82, 2.24) is 9.69 Å². The maximum atomic E-state index is 14.0. The zero-order valence-electron chi connectivity index (χ0n) is 19.9. The largest absolute Gasteiger partial charge is 0.493 e. The number of primary amides is 1. The van der Waals surface area contributed by atoms with Gasteiger partial charge in [0.15, 0.2) is 23.2 Å². The van der Waals surface area contributed by atoms with Crippen LogP contribution in [-0.2, 0) is 4.79 Å². The van der Waals surface area contributed by atoms with Crippen molar-refractivity contribution in [3.8, 4) is 11.5 Å². The van der Waals surface area contributed by atoms with Gasteiger partial charge in [-0.25, -0.2) is 0 Å². The Morgan fingerprint density at radius 2 is 1.89 bits per heavy atom. The summed E-state index contributed by atoms with van der Waals surface area (Å²) in [5, 5.41) is 3.05. The summed E-state index contributed by atoms with van der Waals surface area (Å²) in [6.45, 7) is 0. The first kappa shape index (κ1) is 25.0. The smallest absolute Gasteiger partial charge is 0.273 e. The topological polar surface area (TPSA) is 163 Å². The van der Waals surface area contributed by atoms with Crippen LogP contribution in [0.5, 0.6) is 11.5 Å². The van der Waals surface area contributed by atoms with Crippen molar-refractivity contribution in [3.63, 3.8) is 0 Å². The van der Waals surface area contributed by atoms with E-state index in [0.29, 0.717) is 17.2 Å². The van der Waals surface area contributed by atoms with Crippen molar-refractivity contribution in [2.45, 2.75) is 37.8 Å². The minimum absolute atomic E-state index is 0.00717. The van der Waals surface area contributed by atoms with E-state index in [-0.39, 0.29) is 28.1 Å². The third-order valence-corrected chi connectivity index (χ3v) is 6.89. The number of benzene rings is 1. The lowest BCUT2D eigenvalue weighted by atomic mass is 10.1. The van der Waals surface area contributed by atoms with Crippen molar-refractivity contribution in [2.75, 3.05) is 24.9 Å². The number of furan rings is 1. The summed E-state index contributed by atoms with van der Waals surface area (Å²) >= 11 is 0.727. The van der Waals surface area contributed by atoms with Crippen LogP contribution in [0.1, 0.15) is 57.6 Å². The van der Waals surface area contributed by atoms with Gasteiger partial charge in [0.05, 0.1) is 26.2 Å². The molecule has 2 aromatic heterocycles. The van der Waals surface area contributed by atoms with E-state index in [1.807, 2.05) is 0 Å². The van der Waals surface area contributed by atoms with E-state index < -0.39 is 23.8 Å². The molecule has 1 aliphatic rings. The quantitative estimate of drug-likeness (QED) is 0.393. The molecule has 5 N–H and O–H groups in total. The van der Waals surface area contributed by atoms with Gasteiger partial charge in [0, 0.05) is 17.8 Å². The Morgan fingerprint density at radius 1 is 1.17 bits per heavy atom. The number of carbonyl (C=O) groups excluding carboxylic acids is 3. The van der Waals surface area contributed by atoms with Crippen molar-refractivity contribution < 1.29 is 28.3 Å². The lowest BCUT2D eigenvalue weighted by Crippen LogP contribution is -2.46. The Labute approximate surface area is 211 Å². The van der Waals surface area contributed by atoms with Gasteiger partial charge in [-0.2, -0.15) is 4.37 Å². The maximum Gasteiger partial charge on any atom is 0.273 e. The molecular weight excluding hydrogens is 486 g/mol. The van der Waals surface area contributed by atoms with Gasteiger partial charge in [0.1, 0.15) is 10.6 Å². The molecule has 3 amide bonds. The molecule has 36 heavy (non-hydrogen) atoms. The molecule has 4 rings (SSSR count). The summed E-state index contributed by atoms with van der Waals surface area (Å²) in [5.74, 6) is -0.913. The summed E-state index contributed by atoms with van der Waals surface area (Å²) in [5.41, 5.74) is 11.4. The minimum atomic E-state index is -1.19. The Balaban J connectivity index is 1.85. The van der Waals surface area contributed by atoms with E-state index in [4.69, 9.17) is 25.4 Å². The number of anilines is 2. The number of nitrogens with zero attached hydrogens (tertiary/aromatic N) is 2. The molecule has 11 nitrogen and oxygen atoms in total. The van der Waals surface area contributed by atoms with Crippen LogP contribution in [0.3, 0.4) is 0 Å². The molecule has 1 aliphatic carbocycles. The lowest BCUT2D eigenvalue weighted by molar-refractivity contribution is -0.123. The number of methoxy groups -OCH3 is 2. The molecule has 0 unspecified atom stereocenters. The van der Waals surface area contributed by atoms with Crippen LogP contribution >= 0.6 is 11.5 Å². The van der Waals surface area contributed by atoms with Crippen LogP contribution in [0.4, 0.5) is 11.4 Å². The minimum Gasteiger partial charge on any atom is -0.493 e. The van der Waals surface area contributed by atoms with E-state index >= 15 is 0 Å². The van der Waals surface area contributed by atoms with Crippen LogP contribution in [-0.4, -0.2) is 42.4 Å². The fraction of sp³-hybridized carbons (Fsp3) is 0.333. The van der Waals surface area contributed by atoms with Crippen molar-refractivity contribution in [3.05, 3.63) is 52.9 Å². The number of aromatic nitrogens is 1. The number of nitrogens with two attached hydrogens (primary N) is 2. The number of carbonyl (C=O) groups is 3. The first-order valence-electron chi connectivity index (χ1n) is 11.3. The molecule has 2 heterocycles. The third kappa shape index (κ3) is 4.85. The van der Waals surface area contributed by atoms with Gasteiger partial charge in [-0.3, -0.25) is 19.3 Å². The second-order valence-corrected chi connectivity index (χ2v) is 9.03. The Hall–Kier alpha value is -4.06. The molecule has 0 aliphatic heterocycles. The fourth-order valence-corrected chi connectivity index (χ4v) is 5.01. The zero-order valence-corrected chi connectivity index (χ0v) is 20.7. The molecule has 190 valence electrons. The van der Waals surface area contributed by atoms with Gasteiger partial charge >= 0.3 is 0 Å². The molecule has 1 saturated carbocycles. The van der Waals surface area contributed by atoms with E-state index in [1.54, 1.807) is 30.3 Å². The average molecular weight is 514 g/mol. The maximum absolute atomic E-state index is 14.0. The van der Waals surface area contributed by atoms with Crippen molar-refractivity contribution in [1.29, 1.82) is 0 Å². The van der Waals surface area contributed by atoms with Gasteiger partial charge in [-0.15, -0.1) is 0 Å². The molecule has 3 aromatic rings. The first-order chi connectivity index (χ1) is 17.3. The third-order valence-electron chi connectivity index (χ3n) is 6.04. The lowest BCUT2D eigenvalue weighted by Gasteiger charge is -2.31. The van der Waals surface area contributed by atoms with Gasteiger partial charge in [-0.1, -0.05) is 12.8 Å². The standard InChI is InChI=1S/C24H27N5O6S/c1-33-15-10-9-14(12-17(15)34-2)29(24(32)21-18(25)19(22(26)30)28-36-21)20(16-8-5-11-35-16)23(31)27-13-6-3-4-7-13/h5,8-13,20H,3-4,6-7,25H2,1-2H3,(H2,26,30)(H,27,31)/t20-/m1/s1. The van der Waals surface area contributed by atoms with Gasteiger partial charge in [-0.05, 0) is 48.6 Å². The van der Waals surface area contributed by atoms with E-state index in [0.717, 1.165) is 37.2 Å². The Kier molecular flexibility index (Phi) is 7.44. The van der Waals surface area contributed by atoms with Crippen LogP contribution in [0.2, 0.25) is 0 Å². The summed E-state index contributed by atoms with van der Waals surface area (Å²) < 4.78 is 20.3. The average Bonchev–Trinajstić information content (AvgIpc) is 3.64. The second kappa shape index (κ2) is 10.7. The predicted molar refractivity (Wildman–Crippen MR) is 133 cm³/mol. The second-order valence-electron chi connectivity index (χ2n) is 8.26. The summed E-state index contributed by atoms with van der Waals surface area (Å²) in [7, 11) is 2.95. The highest BCUT2D eigenvalue weighted by Gasteiger charge is 2.39. The van der Waals surface area contributed by atoms with Crippen LogP contribution in [0.25, 0.3) is 0 Å². The summed E-state index contributed by atoms with van der Waals surface area (Å²) in [4.78, 5) is 40.6. The zero-order chi connectivity index (χ0) is 25.8. The van der Waals surface area contributed by atoms with Gasteiger partial charge in [0.25, 0.3) is 17.7 Å². The monoisotopic (exact) mass is 513 g/mol. The summed E-state index contributed by atoms with van der Waals surface area (Å²) in [6, 6.07) is 6.86. The summed E-state index contributed by atoms with van der Waals surface area (Å²) in [6.07, 6.45) is 5.16. The first-order valence-corrected chi connectivity index (χ1v) is 12.1. The molecule has 1 fully saturated rings. The number of rotatable bonds is 9. The van der Waals surface area contributed by atoms with Crippen LogP contribution in [0, 0.1) is 0 Å². The molecule has 12 heteroatoms. The molecule has 0 spiro atoms. The molecule has 0 radical (unpaired) electrons. The number of ether oxygens (including phenoxy) is 2. The number of nitrogen functional groups attached to an aromatic ring is 1. The number of hydrogen-bond acceptors (Lipinski definition) is 9. The van der Waals surface area contributed by atoms with Gasteiger partial charge < -0.3 is 30.7 Å². The molecule has 1 aromatic carbocycles. The number of nitrogens with one attached hydrogen (secondary N) is 1. The van der Waals surface area contributed by atoms with Crippen molar-refractivity contribution in [2.24, 2.45) is 5.73 Å².